The topological polar surface area (TPSA) is 12.8 Å². The molecule has 1 heteroatoms. The number of hydrogen-bond donors (Lipinski definition) is 0. The zero-order valence-electron chi connectivity index (χ0n) is 7.85. The molecule has 0 aromatic heterocycles. The van der Waals surface area contributed by atoms with Crippen molar-refractivity contribution in [3.05, 3.63) is 48.0 Å². The third-order valence-corrected chi connectivity index (χ3v) is 2.44. The number of hydrogen-bond acceptors (Lipinski definition) is 0. The summed E-state index contributed by atoms with van der Waals surface area (Å²) in [5.41, 5.74) is 1.37. The first-order valence-corrected chi connectivity index (χ1v) is 4.76. The molecule has 0 saturated heterocycles. The molecule has 0 fully saturated rings. The van der Waals surface area contributed by atoms with Crippen LogP contribution in [0.3, 0.4) is 0 Å². The SMILES string of the molecule is C[C@H]1C=C[C@H](c2ccccc2)C[OH+]1. The first kappa shape index (κ1) is 8.52. The van der Waals surface area contributed by atoms with Crippen LogP contribution in [0.4, 0.5) is 0 Å². The molecule has 0 aliphatic carbocycles. The summed E-state index contributed by atoms with van der Waals surface area (Å²) < 4.78 is 4.50. The Morgan fingerprint density at radius 1 is 1.15 bits per heavy atom. The van der Waals surface area contributed by atoms with E-state index in [1.54, 1.807) is 0 Å². The molecule has 1 heterocycles. The third kappa shape index (κ3) is 1.99. The van der Waals surface area contributed by atoms with Crippen molar-refractivity contribution in [1.82, 2.24) is 0 Å². The summed E-state index contributed by atoms with van der Waals surface area (Å²) in [6.45, 7) is 3.05. The molecule has 13 heavy (non-hydrogen) atoms. The van der Waals surface area contributed by atoms with Gasteiger partial charge < -0.3 is 4.74 Å². The van der Waals surface area contributed by atoms with Crippen molar-refractivity contribution in [3.63, 3.8) is 0 Å². The molecule has 0 amide bonds. The Balaban J connectivity index is 2.15. The van der Waals surface area contributed by atoms with Gasteiger partial charge in [0.25, 0.3) is 0 Å². The van der Waals surface area contributed by atoms with Crippen molar-refractivity contribution < 1.29 is 4.74 Å². The van der Waals surface area contributed by atoms with Crippen LogP contribution in [0.1, 0.15) is 18.4 Å². The van der Waals surface area contributed by atoms with E-state index in [2.05, 4.69) is 54.1 Å². The number of benzene rings is 1. The normalized spacial score (nSPS) is 27.5. The maximum atomic E-state index is 4.50. The van der Waals surface area contributed by atoms with Crippen molar-refractivity contribution in [2.45, 2.75) is 18.9 Å². The zero-order chi connectivity index (χ0) is 9.10. The monoisotopic (exact) mass is 175 g/mol. The summed E-state index contributed by atoms with van der Waals surface area (Å²) >= 11 is 0. The molecule has 0 bridgehead atoms. The van der Waals surface area contributed by atoms with E-state index in [1.165, 1.54) is 5.56 Å². The predicted octanol–water partition coefficient (Wildman–Crippen LogP) is 2.26. The highest BCUT2D eigenvalue weighted by Gasteiger charge is 2.17. The van der Waals surface area contributed by atoms with E-state index in [0.717, 1.165) is 6.61 Å². The van der Waals surface area contributed by atoms with Gasteiger partial charge in [0, 0.05) is 6.92 Å². The summed E-state index contributed by atoms with van der Waals surface area (Å²) in [4.78, 5) is 0. The highest BCUT2D eigenvalue weighted by atomic mass is 16.5. The Kier molecular flexibility index (Phi) is 2.46. The van der Waals surface area contributed by atoms with Crippen LogP contribution < -0.4 is 0 Å². The fourth-order valence-electron chi connectivity index (χ4n) is 1.61. The summed E-state index contributed by atoms with van der Waals surface area (Å²) in [6.07, 6.45) is 4.86. The lowest BCUT2D eigenvalue weighted by molar-refractivity contribution is -0.0808. The smallest absolute Gasteiger partial charge is 0.171 e. The lowest BCUT2D eigenvalue weighted by Crippen LogP contribution is -2.21. The highest BCUT2D eigenvalue weighted by molar-refractivity contribution is 5.24. The highest BCUT2D eigenvalue weighted by Crippen LogP contribution is 2.20. The van der Waals surface area contributed by atoms with Gasteiger partial charge in [-0.3, -0.25) is 0 Å². The van der Waals surface area contributed by atoms with E-state index >= 15 is 0 Å². The van der Waals surface area contributed by atoms with E-state index in [9.17, 15) is 0 Å². The molecule has 68 valence electrons. The molecule has 0 unspecified atom stereocenters. The molecule has 1 nitrogen and oxygen atoms in total. The fourth-order valence-corrected chi connectivity index (χ4v) is 1.61. The van der Waals surface area contributed by atoms with Gasteiger partial charge in [0.1, 0.15) is 0 Å². The van der Waals surface area contributed by atoms with Gasteiger partial charge in [-0.2, -0.15) is 0 Å². The van der Waals surface area contributed by atoms with Crippen LogP contribution >= 0.6 is 0 Å². The average molecular weight is 175 g/mol. The van der Waals surface area contributed by atoms with Gasteiger partial charge in [-0.25, -0.2) is 0 Å². The van der Waals surface area contributed by atoms with Crippen LogP contribution in [0.2, 0.25) is 0 Å². The second-order valence-electron chi connectivity index (χ2n) is 3.51. The van der Waals surface area contributed by atoms with E-state index in [1.807, 2.05) is 0 Å². The van der Waals surface area contributed by atoms with Gasteiger partial charge in [-0.15, -0.1) is 0 Å². The molecule has 2 rings (SSSR count). The predicted molar refractivity (Wildman–Crippen MR) is 54.9 cm³/mol. The van der Waals surface area contributed by atoms with Crippen LogP contribution in [-0.4, -0.2) is 17.4 Å². The Morgan fingerprint density at radius 2 is 1.92 bits per heavy atom. The van der Waals surface area contributed by atoms with Gasteiger partial charge in [0.2, 0.25) is 0 Å². The molecule has 1 aromatic carbocycles. The van der Waals surface area contributed by atoms with Gasteiger partial charge in [-0.05, 0) is 11.6 Å². The van der Waals surface area contributed by atoms with Crippen molar-refractivity contribution in [2.75, 3.05) is 6.61 Å². The van der Waals surface area contributed by atoms with Gasteiger partial charge >= 0.3 is 0 Å². The van der Waals surface area contributed by atoms with Crippen LogP contribution in [0.25, 0.3) is 0 Å². The number of ether oxygens (including phenoxy) is 1. The maximum absolute atomic E-state index is 4.50. The number of rotatable bonds is 1. The van der Waals surface area contributed by atoms with Crippen LogP contribution in [0.15, 0.2) is 42.5 Å². The van der Waals surface area contributed by atoms with Crippen molar-refractivity contribution in [3.8, 4) is 0 Å². The molecule has 0 saturated carbocycles. The van der Waals surface area contributed by atoms with E-state index in [4.69, 9.17) is 0 Å². The lowest BCUT2D eigenvalue weighted by Gasteiger charge is -2.18. The van der Waals surface area contributed by atoms with Crippen molar-refractivity contribution >= 4 is 0 Å². The molecule has 1 aliphatic heterocycles. The molecule has 1 aliphatic rings. The van der Waals surface area contributed by atoms with E-state index in [0.29, 0.717) is 12.0 Å². The summed E-state index contributed by atoms with van der Waals surface area (Å²) in [6, 6.07) is 10.6. The van der Waals surface area contributed by atoms with Crippen molar-refractivity contribution in [1.29, 1.82) is 0 Å². The molecule has 0 spiro atoms. The zero-order valence-corrected chi connectivity index (χ0v) is 7.85. The molecule has 2 atom stereocenters. The molecular formula is C12H15O+. The van der Waals surface area contributed by atoms with Crippen molar-refractivity contribution in [2.24, 2.45) is 0 Å². The molecule has 1 aromatic rings. The minimum Gasteiger partial charge on any atom is -0.428 e. The Bertz CT molecular complexity index is 289. The van der Waals surface area contributed by atoms with Crippen LogP contribution in [0, 0.1) is 0 Å². The minimum absolute atomic E-state index is 0.403. The van der Waals surface area contributed by atoms with E-state index in [-0.39, 0.29) is 0 Å². The standard InChI is InChI=1S/C12H14O/c1-10-7-8-12(9-13-10)11-5-3-2-4-6-11/h2-8,10,12H,9H2,1H3/p+1/t10-,12-/m0/s1. The summed E-state index contributed by atoms with van der Waals surface area (Å²) in [5, 5.41) is 0. The quantitative estimate of drug-likeness (QED) is 0.458. The van der Waals surface area contributed by atoms with Gasteiger partial charge in [-0.1, -0.05) is 36.4 Å². The minimum atomic E-state index is 0.403. The second-order valence-corrected chi connectivity index (χ2v) is 3.51. The largest absolute Gasteiger partial charge is 0.428 e. The first-order valence-electron chi connectivity index (χ1n) is 4.76. The summed E-state index contributed by atoms with van der Waals surface area (Å²) in [7, 11) is 0. The lowest BCUT2D eigenvalue weighted by atomic mass is 9.97. The summed E-state index contributed by atoms with van der Waals surface area (Å²) in [5.74, 6) is 0.498. The Morgan fingerprint density at radius 3 is 2.54 bits per heavy atom. The van der Waals surface area contributed by atoms with Crippen LogP contribution in [-0.2, 0) is 0 Å². The second kappa shape index (κ2) is 3.75. The first-order chi connectivity index (χ1) is 6.36. The fraction of sp³-hybridized carbons (Fsp3) is 0.333. The molecule has 1 N–H and O–H groups in total. The van der Waals surface area contributed by atoms with Gasteiger partial charge in [0.05, 0.1) is 5.92 Å². The number of aliphatic hydroxyl groups is 2. The maximum Gasteiger partial charge on any atom is 0.171 e. The average Bonchev–Trinajstić information content (AvgIpc) is 2.20. The van der Waals surface area contributed by atoms with Crippen LogP contribution in [0.5, 0.6) is 0 Å². The van der Waals surface area contributed by atoms with Gasteiger partial charge in [0.15, 0.2) is 12.7 Å². The Labute approximate surface area is 79.0 Å². The third-order valence-electron chi connectivity index (χ3n) is 2.44. The van der Waals surface area contributed by atoms with E-state index < -0.39 is 0 Å². The molecule has 0 radical (unpaired) electrons. The molecular weight excluding hydrogens is 160 g/mol. The Hall–Kier alpha value is -1.08.